The minimum absolute atomic E-state index is 0.215. The summed E-state index contributed by atoms with van der Waals surface area (Å²) in [6.07, 6.45) is 3.42. The molecule has 6 heteroatoms. The van der Waals surface area contributed by atoms with Crippen LogP contribution in [0.2, 0.25) is 10.0 Å². The van der Waals surface area contributed by atoms with Gasteiger partial charge < -0.3 is 9.64 Å². The van der Waals surface area contributed by atoms with Crippen molar-refractivity contribution in [2.45, 2.75) is 26.7 Å². The first-order valence-corrected chi connectivity index (χ1v) is 8.44. The van der Waals surface area contributed by atoms with Crippen molar-refractivity contribution in [3.63, 3.8) is 0 Å². The molecule has 2 rings (SSSR count). The van der Waals surface area contributed by atoms with Crippen LogP contribution in [0.3, 0.4) is 0 Å². The van der Waals surface area contributed by atoms with Gasteiger partial charge in [0.25, 0.3) is 5.91 Å². The van der Waals surface area contributed by atoms with E-state index in [1.54, 1.807) is 36.1 Å². The molecule has 1 aliphatic rings. The zero-order valence-corrected chi connectivity index (χ0v) is 15.4. The van der Waals surface area contributed by atoms with Gasteiger partial charge in [-0.25, -0.2) is 4.79 Å². The molecule has 0 spiro atoms. The summed E-state index contributed by atoms with van der Waals surface area (Å²) in [5, 5.41) is 0.918. The highest BCUT2D eigenvalue weighted by Crippen LogP contribution is 2.33. The molecule has 24 heavy (non-hydrogen) atoms. The Kier molecular flexibility index (Phi) is 6.08. The summed E-state index contributed by atoms with van der Waals surface area (Å²) in [6.45, 7) is 4.36. The quantitative estimate of drug-likeness (QED) is 0.569. The van der Waals surface area contributed by atoms with Crippen LogP contribution in [0.4, 0.5) is 0 Å². The molecule has 0 saturated carbocycles. The maximum absolute atomic E-state index is 12.8. The molecule has 0 saturated heterocycles. The maximum atomic E-state index is 12.8. The summed E-state index contributed by atoms with van der Waals surface area (Å²) < 4.78 is 4.85. The van der Waals surface area contributed by atoms with E-state index >= 15 is 0 Å². The van der Waals surface area contributed by atoms with Gasteiger partial charge in [0.15, 0.2) is 0 Å². The highest BCUT2D eigenvalue weighted by atomic mass is 35.5. The van der Waals surface area contributed by atoms with Crippen molar-refractivity contribution in [2.75, 3.05) is 13.7 Å². The van der Waals surface area contributed by atoms with E-state index in [2.05, 4.69) is 0 Å². The number of esters is 1. The first-order valence-electron chi connectivity index (χ1n) is 7.68. The van der Waals surface area contributed by atoms with Gasteiger partial charge in [-0.3, -0.25) is 4.79 Å². The van der Waals surface area contributed by atoms with Gasteiger partial charge in [-0.1, -0.05) is 42.6 Å². The maximum Gasteiger partial charge on any atom is 0.340 e. The molecule has 0 atom stereocenters. The molecule has 0 fully saturated rings. The van der Waals surface area contributed by atoms with Crippen LogP contribution >= 0.6 is 23.2 Å². The van der Waals surface area contributed by atoms with Gasteiger partial charge in [0, 0.05) is 22.3 Å². The van der Waals surface area contributed by atoms with Crippen LogP contribution in [0, 0.1) is 0 Å². The number of nitrogens with zero attached hydrogens (tertiary/aromatic N) is 1. The normalized spacial score (nSPS) is 16.3. The Balaban J connectivity index is 2.51. The van der Waals surface area contributed by atoms with Crippen molar-refractivity contribution >= 4 is 41.2 Å². The fourth-order valence-electron chi connectivity index (χ4n) is 2.59. The van der Waals surface area contributed by atoms with Crippen molar-refractivity contribution < 1.29 is 14.3 Å². The van der Waals surface area contributed by atoms with Crippen LogP contribution in [-0.2, 0) is 14.3 Å². The number of unbranched alkanes of at least 4 members (excludes halogenated alkanes) is 1. The van der Waals surface area contributed by atoms with Gasteiger partial charge >= 0.3 is 5.97 Å². The minimum atomic E-state index is -0.531. The summed E-state index contributed by atoms with van der Waals surface area (Å²) in [7, 11) is 1.30. The Labute approximate surface area is 151 Å². The first kappa shape index (κ1) is 18.6. The molecule has 1 heterocycles. The number of halogens is 2. The van der Waals surface area contributed by atoms with Gasteiger partial charge in [-0.15, -0.1) is 0 Å². The van der Waals surface area contributed by atoms with Crippen molar-refractivity contribution in [1.29, 1.82) is 0 Å². The highest BCUT2D eigenvalue weighted by Gasteiger charge is 2.36. The average molecular weight is 368 g/mol. The van der Waals surface area contributed by atoms with E-state index in [0.717, 1.165) is 12.8 Å². The lowest BCUT2D eigenvalue weighted by molar-refractivity contribution is -0.136. The Morgan fingerprint density at radius 3 is 2.62 bits per heavy atom. The van der Waals surface area contributed by atoms with Crippen LogP contribution in [-0.4, -0.2) is 30.4 Å². The third-order valence-electron chi connectivity index (χ3n) is 3.90. The van der Waals surface area contributed by atoms with E-state index in [4.69, 9.17) is 27.9 Å². The van der Waals surface area contributed by atoms with Gasteiger partial charge in [0.2, 0.25) is 0 Å². The SMILES string of the molecule is CCCCN1C(=O)/C(=C\c2ccc(Cl)cc2Cl)C(C(=O)OC)=C1C. The lowest BCUT2D eigenvalue weighted by atomic mass is 10.0. The van der Waals surface area contributed by atoms with Crippen LogP contribution < -0.4 is 0 Å². The molecule has 1 aromatic carbocycles. The van der Waals surface area contributed by atoms with Gasteiger partial charge in [-0.05, 0) is 37.1 Å². The molecule has 0 N–H and O–H groups in total. The summed E-state index contributed by atoms with van der Waals surface area (Å²) >= 11 is 12.1. The van der Waals surface area contributed by atoms with E-state index < -0.39 is 5.97 Å². The number of carbonyl (C=O) groups excluding carboxylic acids is 2. The third kappa shape index (κ3) is 3.65. The number of hydrogen-bond donors (Lipinski definition) is 0. The van der Waals surface area contributed by atoms with Crippen molar-refractivity contribution in [1.82, 2.24) is 4.90 Å². The molecule has 0 bridgehead atoms. The Hall–Kier alpha value is -1.78. The second-order valence-corrected chi connectivity index (χ2v) is 6.33. The summed E-state index contributed by atoms with van der Waals surface area (Å²) in [4.78, 5) is 26.6. The van der Waals surface area contributed by atoms with Crippen LogP contribution in [0.5, 0.6) is 0 Å². The average Bonchev–Trinajstić information content (AvgIpc) is 2.78. The molecular weight excluding hydrogens is 349 g/mol. The van der Waals surface area contributed by atoms with Gasteiger partial charge in [0.05, 0.1) is 18.3 Å². The smallest absolute Gasteiger partial charge is 0.340 e. The molecule has 1 amide bonds. The lowest BCUT2D eigenvalue weighted by Gasteiger charge is -2.17. The Morgan fingerprint density at radius 2 is 2.04 bits per heavy atom. The molecule has 128 valence electrons. The topological polar surface area (TPSA) is 46.6 Å². The summed E-state index contributed by atoms with van der Waals surface area (Å²) in [5.41, 5.74) is 1.80. The number of amides is 1. The zero-order chi connectivity index (χ0) is 17.9. The fraction of sp³-hybridized carbons (Fsp3) is 0.333. The second kappa shape index (κ2) is 7.86. The van der Waals surface area contributed by atoms with E-state index in [1.807, 2.05) is 6.92 Å². The van der Waals surface area contributed by atoms with Gasteiger partial charge in [-0.2, -0.15) is 0 Å². The highest BCUT2D eigenvalue weighted by molar-refractivity contribution is 6.35. The largest absolute Gasteiger partial charge is 0.465 e. The number of ether oxygens (including phenoxy) is 1. The number of methoxy groups -OCH3 is 1. The second-order valence-electron chi connectivity index (χ2n) is 5.49. The molecule has 0 unspecified atom stereocenters. The van der Waals surface area contributed by atoms with Crippen molar-refractivity contribution in [3.8, 4) is 0 Å². The first-order chi connectivity index (χ1) is 11.4. The summed E-state index contributed by atoms with van der Waals surface area (Å²) in [6, 6.07) is 4.99. The van der Waals surface area contributed by atoms with Crippen molar-refractivity contribution in [2.24, 2.45) is 0 Å². The molecule has 0 aromatic heterocycles. The number of carbonyl (C=O) groups is 2. The minimum Gasteiger partial charge on any atom is -0.465 e. The molecular formula is C18H19Cl2NO3. The predicted octanol–water partition coefficient (Wildman–Crippen LogP) is 4.47. The van der Waals surface area contributed by atoms with E-state index in [-0.39, 0.29) is 11.5 Å². The number of allylic oxidation sites excluding steroid dienone is 1. The van der Waals surface area contributed by atoms with Gasteiger partial charge in [0.1, 0.15) is 0 Å². The Morgan fingerprint density at radius 1 is 1.33 bits per heavy atom. The standard InChI is InChI=1S/C18H19Cl2NO3/c1-4-5-8-21-11(2)16(18(23)24-3)14(17(21)22)9-12-6-7-13(19)10-15(12)20/h6-7,9-10H,4-5,8H2,1-3H3/b14-9-. The number of hydrogen-bond acceptors (Lipinski definition) is 3. The third-order valence-corrected chi connectivity index (χ3v) is 4.46. The van der Waals surface area contributed by atoms with Crippen LogP contribution in [0.15, 0.2) is 35.0 Å². The molecule has 1 aromatic rings. The number of benzene rings is 1. The lowest BCUT2D eigenvalue weighted by Crippen LogP contribution is -2.26. The molecule has 0 radical (unpaired) electrons. The van der Waals surface area contributed by atoms with Crippen molar-refractivity contribution in [3.05, 3.63) is 50.7 Å². The van der Waals surface area contributed by atoms with Crippen LogP contribution in [0.1, 0.15) is 32.3 Å². The Bertz CT molecular complexity index is 738. The molecule has 4 nitrogen and oxygen atoms in total. The van der Waals surface area contributed by atoms with Crippen LogP contribution in [0.25, 0.3) is 6.08 Å². The van der Waals surface area contributed by atoms with E-state index in [9.17, 15) is 9.59 Å². The number of rotatable bonds is 5. The summed E-state index contributed by atoms with van der Waals surface area (Å²) in [5.74, 6) is -0.747. The van der Waals surface area contributed by atoms with E-state index in [1.165, 1.54) is 7.11 Å². The molecule has 1 aliphatic heterocycles. The monoisotopic (exact) mass is 367 g/mol. The fourth-order valence-corrected chi connectivity index (χ4v) is 3.05. The molecule has 0 aliphatic carbocycles. The zero-order valence-electron chi connectivity index (χ0n) is 13.9. The predicted molar refractivity (Wildman–Crippen MR) is 95.8 cm³/mol. The van der Waals surface area contributed by atoms with E-state index in [0.29, 0.717) is 33.4 Å².